The van der Waals surface area contributed by atoms with Crippen LogP contribution in [-0.2, 0) is 14.6 Å². The number of ether oxygens (including phenoxy) is 1. The van der Waals surface area contributed by atoms with Crippen molar-refractivity contribution in [3.8, 4) is 0 Å². The third-order valence-electron chi connectivity index (χ3n) is 4.13. The summed E-state index contributed by atoms with van der Waals surface area (Å²) in [5.74, 6) is -0.143. The Hall–Kier alpha value is -2.19. The van der Waals surface area contributed by atoms with Crippen molar-refractivity contribution in [1.29, 1.82) is 0 Å². The maximum absolute atomic E-state index is 13.0. The van der Waals surface area contributed by atoms with E-state index in [0.29, 0.717) is 24.4 Å². The van der Waals surface area contributed by atoms with Gasteiger partial charge in [-0.15, -0.1) is 0 Å². The molecule has 0 aliphatic carbocycles. The molecule has 1 N–H and O–H groups in total. The minimum absolute atomic E-state index is 0.0978. The summed E-state index contributed by atoms with van der Waals surface area (Å²) in [7, 11) is -3.45. The average molecular weight is 349 g/mol. The molecule has 128 valence electrons. The monoisotopic (exact) mass is 349 g/mol. The molecule has 1 aromatic heterocycles. The highest BCUT2D eigenvalue weighted by molar-refractivity contribution is 7.90. The lowest BCUT2D eigenvalue weighted by atomic mass is 10.1. The molecule has 2 aromatic rings. The summed E-state index contributed by atoms with van der Waals surface area (Å²) in [6.45, 7) is 2.90. The number of rotatable bonds is 3. The van der Waals surface area contributed by atoms with Crippen LogP contribution < -0.4 is 0 Å². The molecule has 7 nitrogen and oxygen atoms in total. The number of sulfone groups is 1. The molecule has 0 radical (unpaired) electrons. The van der Waals surface area contributed by atoms with Crippen LogP contribution in [0.1, 0.15) is 27.7 Å². The van der Waals surface area contributed by atoms with Gasteiger partial charge in [0.2, 0.25) is 0 Å². The first-order chi connectivity index (χ1) is 11.4. The predicted octanol–water partition coefficient (Wildman–Crippen LogP) is 1.34. The Bertz CT molecular complexity index is 860. The van der Waals surface area contributed by atoms with Crippen molar-refractivity contribution in [1.82, 2.24) is 15.1 Å². The lowest BCUT2D eigenvalue weighted by Gasteiger charge is -2.35. The Balaban J connectivity index is 2.00. The highest BCUT2D eigenvalue weighted by Gasteiger charge is 2.34. The number of carbonyl (C=O) groups excluding carboxylic acids is 1. The first-order valence-electron chi connectivity index (χ1n) is 7.57. The summed E-state index contributed by atoms with van der Waals surface area (Å²) in [5, 5.41) is 6.58. The summed E-state index contributed by atoms with van der Waals surface area (Å²) < 4.78 is 29.4. The molecule has 1 aromatic carbocycles. The molecule has 8 heteroatoms. The molecule has 2 heterocycles. The number of nitrogens with zero attached hydrogens (tertiary/aromatic N) is 2. The van der Waals surface area contributed by atoms with Gasteiger partial charge in [-0.05, 0) is 18.6 Å². The number of benzene rings is 1. The molecule has 0 saturated carbocycles. The molecule has 24 heavy (non-hydrogen) atoms. The summed E-state index contributed by atoms with van der Waals surface area (Å²) in [4.78, 5) is 14.7. The zero-order valence-corrected chi connectivity index (χ0v) is 14.3. The van der Waals surface area contributed by atoms with Crippen LogP contribution in [0.5, 0.6) is 0 Å². The molecule has 0 unspecified atom stereocenters. The van der Waals surface area contributed by atoms with Crippen LogP contribution in [-0.4, -0.2) is 55.4 Å². The Morgan fingerprint density at radius 3 is 2.83 bits per heavy atom. The van der Waals surface area contributed by atoms with Crippen LogP contribution in [0.2, 0.25) is 0 Å². The first-order valence-corrected chi connectivity index (χ1v) is 9.46. The van der Waals surface area contributed by atoms with Gasteiger partial charge in [0.25, 0.3) is 5.91 Å². The highest BCUT2D eigenvalue weighted by atomic mass is 32.2. The number of morpholine rings is 1. The largest absolute Gasteiger partial charge is 0.377 e. The third-order valence-corrected chi connectivity index (χ3v) is 5.25. The standard InChI is InChI=1S/C16H19N3O4S/c1-11-5-3-4-6-12(11)16(20)19-7-8-23-10-13(19)15-14(9-17-18-15)24(2,21)22/h3-6,9,13H,7-8,10H2,1-2H3,(H,17,18)/t13-/m1/s1. The number of nitrogens with one attached hydrogen (secondary N) is 1. The summed E-state index contributed by atoms with van der Waals surface area (Å²) >= 11 is 0. The molecule has 3 rings (SSSR count). The minimum Gasteiger partial charge on any atom is -0.377 e. The van der Waals surface area contributed by atoms with Gasteiger partial charge >= 0.3 is 0 Å². The van der Waals surface area contributed by atoms with E-state index in [0.717, 1.165) is 11.8 Å². The van der Waals surface area contributed by atoms with Gasteiger partial charge in [0.15, 0.2) is 9.84 Å². The number of amides is 1. The summed E-state index contributed by atoms with van der Waals surface area (Å²) in [6, 6.07) is 6.82. The van der Waals surface area contributed by atoms with Gasteiger partial charge in [-0.2, -0.15) is 5.10 Å². The number of aromatic nitrogens is 2. The lowest BCUT2D eigenvalue weighted by Crippen LogP contribution is -2.44. The van der Waals surface area contributed by atoms with Crippen LogP contribution in [0.25, 0.3) is 0 Å². The maximum Gasteiger partial charge on any atom is 0.254 e. The van der Waals surface area contributed by atoms with Gasteiger partial charge in [-0.25, -0.2) is 8.42 Å². The van der Waals surface area contributed by atoms with Gasteiger partial charge in [-0.1, -0.05) is 18.2 Å². The van der Waals surface area contributed by atoms with Crippen molar-refractivity contribution in [2.24, 2.45) is 0 Å². The van der Waals surface area contributed by atoms with E-state index in [9.17, 15) is 13.2 Å². The SMILES string of the molecule is Cc1ccccc1C(=O)N1CCOC[C@@H]1c1[nH]ncc1S(C)(=O)=O. The smallest absolute Gasteiger partial charge is 0.254 e. The second-order valence-electron chi connectivity index (χ2n) is 5.82. The van der Waals surface area contributed by atoms with Gasteiger partial charge in [0.05, 0.1) is 31.1 Å². The molecular weight excluding hydrogens is 330 g/mol. The van der Waals surface area contributed by atoms with Crippen LogP contribution >= 0.6 is 0 Å². The molecule has 1 atom stereocenters. The van der Waals surface area contributed by atoms with E-state index in [2.05, 4.69) is 10.2 Å². The number of aryl methyl sites for hydroxylation is 1. The fourth-order valence-corrected chi connectivity index (χ4v) is 3.70. The number of aromatic amines is 1. The normalized spacial score (nSPS) is 18.6. The minimum atomic E-state index is -3.45. The van der Waals surface area contributed by atoms with Gasteiger partial charge < -0.3 is 9.64 Å². The molecule has 1 fully saturated rings. The molecule has 0 spiro atoms. The third kappa shape index (κ3) is 3.07. The summed E-state index contributed by atoms with van der Waals surface area (Å²) in [6.07, 6.45) is 2.40. The number of hydrogen-bond acceptors (Lipinski definition) is 5. The van der Waals surface area contributed by atoms with Crippen LogP contribution in [0, 0.1) is 6.92 Å². The van der Waals surface area contributed by atoms with E-state index in [1.54, 1.807) is 11.0 Å². The first kappa shape index (κ1) is 16.7. The average Bonchev–Trinajstić information content (AvgIpc) is 3.04. The van der Waals surface area contributed by atoms with E-state index in [1.165, 1.54) is 6.20 Å². The van der Waals surface area contributed by atoms with Crippen LogP contribution in [0.3, 0.4) is 0 Å². The quantitative estimate of drug-likeness (QED) is 0.903. The van der Waals surface area contributed by atoms with E-state index < -0.39 is 15.9 Å². The van der Waals surface area contributed by atoms with Crippen molar-refractivity contribution >= 4 is 15.7 Å². The van der Waals surface area contributed by atoms with Crippen LogP contribution in [0.4, 0.5) is 0 Å². The van der Waals surface area contributed by atoms with Crippen molar-refractivity contribution in [2.75, 3.05) is 26.0 Å². The van der Waals surface area contributed by atoms with Gasteiger partial charge in [-0.3, -0.25) is 9.89 Å². The highest BCUT2D eigenvalue weighted by Crippen LogP contribution is 2.29. The Kier molecular flexibility index (Phi) is 4.42. The topological polar surface area (TPSA) is 92.4 Å². The Morgan fingerprint density at radius 1 is 1.38 bits per heavy atom. The van der Waals surface area contributed by atoms with E-state index in [1.807, 2.05) is 25.1 Å². The molecule has 1 amide bonds. The molecule has 1 aliphatic heterocycles. The number of carbonyl (C=O) groups is 1. The molecular formula is C16H19N3O4S. The Labute approximate surface area is 140 Å². The van der Waals surface area contributed by atoms with Crippen molar-refractivity contribution in [3.05, 3.63) is 47.3 Å². The molecule has 1 aliphatic rings. The maximum atomic E-state index is 13.0. The second kappa shape index (κ2) is 6.37. The van der Waals surface area contributed by atoms with Gasteiger partial charge in [0.1, 0.15) is 4.90 Å². The summed E-state index contributed by atoms with van der Waals surface area (Å²) in [5.41, 5.74) is 1.87. The number of hydrogen-bond donors (Lipinski definition) is 1. The second-order valence-corrected chi connectivity index (χ2v) is 7.81. The Morgan fingerprint density at radius 2 is 2.12 bits per heavy atom. The lowest BCUT2D eigenvalue weighted by molar-refractivity contribution is -0.00472. The van der Waals surface area contributed by atoms with Gasteiger partial charge in [0, 0.05) is 18.4 Å². The fraction of sp³-hybridized carbons (Fsp3) is 0.375. The van der Waals surface area contributed by atoms with E-state index in [4.69, 9.17) is 4.74 Å². The van der Waals surface area contributed by atoms with E-state index in [-0.39, 0.29) is 17.4 Å². The van der Waals surface area contributed by atoms with E-state index >= 15 is 0 Å². The number of H-pyrrole nitrogens is 1. The zero-order chi connectivity index (χ0) is 17.3. The van der Waals surface area contributed by atoms with Crippen molar-refractivity contribution in [3.63, 3.8) is 0 Å². The predicted molar refractivity (Wildman–Crippen MR) is 87.5 cm³/mol. The van der Waals surface area contributed by atoms with Crippen LogP contribution in [0.15, 0.2) is 35.4 Å². The zero-order valence-electron chi connectivity index (χ0n) is 13.5. The fourth-order valence-electron chi connectivity index (χ4n) is 2.87. The molecule has 0 bridgehead atoms. The van der Waals surface area contributed by atoms with Crippen molar-refractivity contribution in [2.45, 2.75) is 17.9 Å². The van der Waals surface area contributed by atoms with Crippen molar-refractivity contribution < 1.29 is 17.9 Å². The molecule has 1 saturated heterocycles.